The normalized spacial score (nSPS) is 23.6. The van der Waals surface area contributed by atoms with Crippen LogP contribution in [0.4, 0.5) is 5.82 Å². The maximum atomic E-state index is 11.1. The van der Waals surface area contributed by atoms with E-state index in [1.165, 1.54) is 6.20 Å². The van der Waals surface area contributed by atoms with Gasteiger partial charge in [0.15, 0.2) is 5.69 Å². The minimum atomic E-state index is -1.06. The Morgan fingerprint density at radius 1 is 1.11 bits per heavy atom. The number of ether oxygens (including phenoxy) is 1. The van der Waals surface area contributed by atoms with E-state index in [0.29, 0.717) is 33.8 Å². The zero-order valence-corrected chi connectivity index (χ0v) is 21.8. The van der Waals surface area contributed by atoms with Gasteiger partial charge in [-0.2, -0.15) is 0 Å². The molecule has 3 fully saturated rings. The Morgan fingerprint density at radius 3 is 2.51 bits per heavy atom. The van der Waals surface area contributed by atoms with Gasteiger partial charge in [-0.25, -0.2) is 14.8 Å². The Kier molecular flexibility index (Phi) is 6.59. The first kappa shape index (κ1) is 24.6. The monoisotopic (exact) mass is 542 g/mol. The van der Waals surface area contributed by atoms with E-state index >= 15 is 0 Å². The van der Waals surface area contributed by atoms with Crippen LogP contribution in [0.25, 0.3) is 11.3 Å². The van der Waals surface area contributed by atoms with Crippen molar-refractivity contribution < 1.29 is 19.2 Å². The van der Waals surface area contributed by atoms with Crippen LogP contribution >= 0.6 is 23.2 Å². The molecule has 3 aliphatic rings. The summed E-state index contributed by atoms with van der Waals surface area (Å²) in [6.07, 6.45) is 10.5. The molecule has 1 spiro atoms. The van der Waals surface area contributed by atoms with Crippen molar-refractivity contribution in [3.05, 3.63) is 57.7 Å². The second kappa shape index (κ2) is 9.89. The van der Waals surface area contributed by atoms with Gasteiger partial charge in [-0.3, -0.25) is 0 Å². The van der Waals surface area contributed by atoms with Crippen molar-refractivity contribution in [2.45, 2.75) is 63.6 Å². The van der Waals surface area contributed by atoms with Crippen LogP contribution in [0.3, 0.4) is 0 Å². The van der Waals surface area contributed by atoms with E-state index in [4.69, 9.17) is 37.6 Å². The largest absolute Gasteiger partial charge is 0.476 e. The number of benzene rings is 1. The molecule has 6 rings (SSSR count). The van der Waals surface area contributed by atoms with Crippen LogP contribution < -0.4 is 4.90 Å². The van der Waals surface area contributed by atoms with E-state index < -0.39 is 5.97 Å². The molecule has 3 heterocycles. The van der Waals surface area contributed by atoms with Crippen molar-refractivity contribution in [2.24, 2.45) is 5.41 Å². The molecule has 1 aromatic carbocycles. The van der Waals surface area contributed by atoms with Crippen LogP contribution in [0.5, 0.6) is 0 Å². The number of anilines is 1. The van der Waals surface area contributed by atoms with Gasteiger partial charge < -0.3 is 19.3 Å². The maximum Gasteiger partial charge on any atom is 0.356 e. The fourth-order valence-electron chi connectivity index (χ4n) is 5.75. The molecule has 2 aliphatic carbocycles. The number of aromatic carboxylic acids is 1. The van der Waals surface area contributed by atoms with Crippen LogP contribution in [0.1, 0.15) is 72.7 Å². The molecular weight excluding hydrogens is 515 g/mol. The standard InChI is InChI=1S/C27H28Cl2N4O4/c28-19-2-1-3-20(29)23(19)24-18(25(37-32-24)16-4-5-16)14-36-17-6-8-27(9-7-17)10-11-33(15-27)22-13-30-21(12-31-22)26(34)35/h1-3,12-13,16-17H,4-11,14-15H2,(H,34,35). The summed E-state index contributed by atoms with van der Waals surface area (Å²) in [7, 11) is 0. The van der Waals surface area contributed by atoms with Gasteiger partial charge in [-0.1, -0.05) is 34.4 Å². The highest BCUT2D eigenvalue weighted by Gasteiger charge is 2.42. The van der Waals surface area contributed by atoms with Crippen molar-refractivity contribution >= 4 is 35.0 Å². The maximum absolute atomic E-state index is 11.1. The minimum Gasteiger partial charge on any atom is -0.476 e. The number of rotatable bonds is 7. The number of aromatic nitrogens is 3. The third-order valence-corrected chi connectivity index (χ3v) is 8.67. The molecule has 37 heavy (non-hydrogen) atoms. The van der Waals surface area contributed by atoms with Gasteiger partial charge >= 0.3 is 5.97 Å². The van der Waals surface area contributed by atoms with E-state index in [9.17, 15) is 4.79 Å². The molecule has 0 unspecified atom stereocenters. The van der Waals surface area contributed by atoms with E-state index in [1.807, 2.05) is 18.2 Å². The van der Waals surface area contributed by atoms with Crippen LogP contribution in [0.15, 0.2) is 35.1 Å². The fourth-order valence-corrected chi connectivity index (χ4v) is 6.33. The summed E-state index contributed by atoms with van der Waals surface area (Å²) in [5.74, 6) is 0.978. The second-order valence-electron chi connectivity index (χ2n) is 10.5. The van der Waals surface area contributed by atoms with Crippen LogP contribution in [-0.4, -0.2) is 45.4 Å². The molecule has 1 N–H and O–H groups in total. The van der Waals surface area contributed by atoms with Gasteiger partial charge in [0.05, 0.1) is 35.1 Å². The first-order chi connectivity index (χ1) is 17.9. The summed E-state index contributed by atoms with van der Waals surface area (Å²) in [6, 6.07) is 5.46. The fraction of sp³-hybridized carbons (Fsp3) is 0.481. The van der Waals surface area contributed by atoms with Gasteiger partial charge in [-0.15, -0.1) is 0 Å². The topological polar surface area (TPSA) is 102 Å². The Labute approximate surface area is 224 Å². The van der Waals surface area contributed by atoms with E-state index in [-0.39, 0.29) is 17.2 Å². The summed E-state index contributed by atoms with van der Waals surface area (Å²) in [4.78, 5) is 21.6. The quantitative estimate of drug-likeness (QED) is 0.367. The number of halogens is 2. The summed E-state index contributed by atoms with van der Waals surface area (Å²) in [5, 5.41) is 14.5. The van der Waals surface area contributed by atoms with Crippen molar-refractivity contribution in [3.63, 3.8) is 0 Å². The SMILES string of the molecule is O=C(O)c1cnc(N2CCC3(CCC(OCc4c(-c5c(Cl)cccc5Cl)noc4C4CC4)CC3)C2)cn1. The molecule has 2 saturated carbocycles. The average molecular weight is 543 g/mol. The van der Waals surface area contributed by atoms with Crippen molar-refractivity contribution in [3.8, 4) is 11.3 Å². The smallest absolute Gasteiger partial charge is 0.356 e. The number of carboxylic acid groups (broad SMARTS) is 1. The predicted octanol–water partition coefficient (Wildman–Crippen LogP) is 6.37. The number of nitrogens with zero attached hydrogens (tertiary/aromatic N) is 4. The van der Waals surface area contributed by atoms with Gasteiger partial charge in [0.1, 0.15) is 17.3 Å². The summed E-state index contributed by atoms with van der Waals surface area (Å²) in [6.45, 7) is 2.25. The number of hydrogen-bond acceptors (Lipinski definition) is 7. The second-order valence-corrected chi connectivity index (χ2v) is 11.3. The average Bonchev–Trinajstić information content (AvgIpc) is 3.54. The molecule has 10 heteroatoms. The highest BCUT2D eigenvalue weighted by molar-refractivity contribution is 6.39. The van der Waals surface area contributed by atoms with Crippen molar-refractivity contribution in [2.75, 3.05) is 18.0 Å². The van der Waals surface area contributed by atoms with Gasteiger partial charge in [-0.05, 0) is 62.5 Å². The van der Waals surface area contributed by atoms with Crippen LogP contribution in [0, 0.1) is 5.41 Å². The Hall–Kier alpha value is -2.68. The zero-order valence-electron chi connectivity index (χ0n) is 20.3. The Bertz CT molecular complexity index is 1280. The molecule has 0 radical (unpaired) electrons. The molecule has 1 aliphatic heterocycles. The molecule has 194 valence electrons. The number of hydrogen-bond donors (Lipinski definition) is 1. The van der Waals surface area contributed by atoms with Gasteiger partial charge in [0.25, 0.3) is 0 Å². The third-order valence-electron chi connectivity index (χ3n) is 8.04. The number of carbonyl (C=O) groups is 1. The lowest BCUT2D eigenvalue weighted by molar-refractivity contribution is -0.00884. The van der Waals surface area contributed by atoms with Crippen LogP contribution in [0.2, 0.25) is 10.0 Å². The molecule has 1 saturated heterocycles. The van der Waals surface area contributed by atoms with E-state index in [0.717, 1.165) is 75.2 Å². The predicted molar refractivity (Wildman–Crippen MR) is 139 cm³/mol. The highest BCUT2D eigenvalue weighted by atomic mass is 35.5. The lowest BCUT2D eigenvalue weighted by atomic mass is 9.72. The minimum absolute atomic E-state index is 0.0343. The molecule has 0 amide bonds. The van der Waals surface area contributed by atoms with E-state index in [2.05, 4.69) is 20.0 Å². The molecule has 3 aromatic rings. The molecule has 2 aromatic heterocycles. The third kappa shape index (κ3) is 4.94. The van der Waals surface area contributed by atoms with Gasteiger partial charge in [0, 0.05) is 30.1 Å². The molecule has 0 atom stereocenters. The summed E-state index contributed by atoms with van der Waals surface area (Å²) in [5.41, 5.74) is 2.56. The lowest BCUT2D eigenvalue weighted by Crippen LogP contribution is -2.34. The lowest BCUT2D eigenvalue weighted by Gasteiger charge is -2.37. The zero-order chi connectivity index (χ0) is 25.6. The molecular formula is C27H28Cl2N4O4. The van der Waals surface area contributed by atoms with Crippen molar-refractivity contribution in [1.29, 1.82) is 0 Å². The summed E-state index contributed by atoms with van der Waals surface area (Å²) < 4.78 is 12.2. The highest BCUT2D eigenvalue weighted by Crippen LogP contribution is 2.48. The summed E-state index contributed by atoms with van der Waals surface area (Å²) >= 11 is 13.0. The van der Waals surface area contributed by atoms with Crippen LogP contribution in [-0.2, 0) is 11.3 Å². The first-order valence-corrected chi connectivity index (χ1v) is 13.5. The first-order valence-electron chi connectivity index (χ1n) is 12.8. The molecule has 0 bridgehead atoms. The van der Waals surface area contributed by atoms with Gasteiger partial charge in [0.2, 0.25) is 0 Å². The number of carboxylic acids is 1. The van der Waals surface area contributed by atoms with E-state index in [1.54, 1.807) is 6.20 Å². The Morgan fingerprint density at radius 2 is 1.86 bits per heavy atom. The Balaban J connectivity index is 1.10. The van der Waals surface area contributed by atoms with Crippen molar-refractivity contribution in [1.82, 2.24) is 15.1 Å². The molecule has 8 nitrogen and oxygen atoms in total.